The number of aryl methyl sites for hydroxylation is 2. The standard InChI is InChI=1S/C16H22N4S.HI/c1-10(2)14-9-21-15(20-14)8-18-16(17)19-13-6-11(3)5-12(4)7-13;/h5-7,9-10H,8H2,1-4H3,(H3,17,18,19);1H. The van der Waals surface area contributed by atoms with Gasteiger partial charge in [0.2, 0.25) is 0 Å². The summed E-state index contributed by atoms with van der Waals surface area (Å²) in [6, 6.07) is 6.23. The molecule has 3 N–H and O–H groups in total. The lowest BCUT2D eigenvalue weighted by molar-refractivity contribution is 0.821. The van der Waals surface area contributed by atoms with E-state index < -0.39 is 0 Å². The first kappa shape index (κ1) is 18.9. The highest BCUT2D eigenvalue weighted by Crippen LogP contribution is 2.18. The van der Waals surface area contributed by atoms with E-state index in [9.17, 15) is 0 Å². The van der Waals surface area contributed by atoms with Crippen LogP contribution in [0.3, 0.4) is 0 Å². The van der Waals surface area contributed by atoms with Gasteiger partial charge in [-0.15, -0.1) is 35.3 Å². The Bertz CT molecular complexity index is 629. The molecule has 0 aliphatic rings. The van der Waals surface area contributed by atoms with Gasteiger partial charge in [0.25, 0.3) is 0 Å². The van der Waals surface area contributed by atoms with Crippen LogP contribution >= 0.6 is 35.3 Å². The minimum absolute atomic E-state index is 0. The molecule has 0 atom stereocenters. The van der Waals surface area contributed by atoms with Crippen LogP contribution in [0.2, 0.25) is 0 Å². The van der Waals surface area contributed by atoms with E-state index >= 15 is 0 Å². The first-order valence-electron chi connectivity index (χ1n) is 7.03. The Morgan fingerprint density at radius 3 is 2.45 bits per heavy atom. The maximum atomic E-state index is 5.94. The number of benzene rings is 1. The Hall–Kier alpha value is -1.15. The quantitative estimate of drug-likeness (QED) is 0.429. The molecule has 1 aromatic heterocycles. The number of thiazole rings is 1. The lowest BCUT2D eigenvalue weighted by atomic mass is 10.1. The van der Waals surface area contributed by atoms with Crippen LogP contribution in [-0.2, 0) is 6.54 Å². The van der Waals surface area contributed by atoms with Gasteiger partial charge in [-0.1, -0.05) is 19.9 Å². The van der Waals surface area contributed by atoms with Crippen molar-refractivity contribution in [3.8, 4) is 0 Å². The van der Waals surface area contributed by atoms with Crippen molar-refractivity contribution in [2.24, 2.45) is 10.7 Å². The molecule has 4 nitrogen and oxygen atoms in total. The van der Waals surface area contributed by atoms with Gasteiger partial charge in [-0.25, -0.2) is 9.98 Å². The van der Waals surface area contributed by atoms with Crippen LogP contribution in [0.4, 0.5) is 5.69 Å². The van der Waals surface area contributed by atoms with E-state index in [1.165, 1.54) is 11.1 Å². The lowest BCUT2D eigenvalue weighted by Crippen LogP contribution is -2.22. The molecule has 0 unspecified atom stereocenters. The normalized spacial score (nSPS) is 11.4. The van der Waals surface area contributed by atoms with Crippen molar-refractivity contribution in [3.63, 3.8) is 0 Å². The zero-order valence-corrected chi connectivity index (χ0v) is 16.5. The summed E-state index contributed by atoms with van der Waals surface area (Å²) in [6.07, 6.45) is 0. The number of rotatable bonds is 4. The highest BCUT2D eigenvalue weighted by Gasteiger charge is 2.05. The van der Waals surface area contributed by atoms with Crippen molar-refractivity contribution in [1.29, 1.82) is 0 Å². The average Bonchev–Trinajstić information content (AvgIpc) is 2.84. The number of halogens is 1. The van der Waals surface area contributed by atoms with Gasteiger partial charge in [-0.05, 0) is 43.0 Å². The van der Waals surface area contributed by atoms with Crippen LogP contribution in [0.5, 0.6) is 0 Å². The summed E-state index contributed by atoms with van der Waals surface area (Å²) in [6.45, 7) is 8.92. The Morgan fingerprint density at radius 2 is 1.91 bits per heavy atom. The fourth-order valence-corrected chi connectivity index (χ4v) is 2.93. The van der Waals surface area contributed by atoms with E-state index in [-0.39, 0.29) is 24.0 Å². The van der Waals surface area contributed by atoms with Crippen LogP contribution in [0.15, 0.2) is 28.6 Å². The second-order valence-corrected chi connectivity index (χ2v) is 6.47. The summed E-state index contributed by atoms with van der Waals surface area (Å²) >= 11 is 1.63. The van der Waals surface area contributed by atoms with Gasteiger partial charge in [0.1, 0.15) is 5.01 Å². The topological polar surface area (TPSA) is 63.3 Å². The minimum Gasteiger partial charge on any atom is -0.370 e. The number of nitrogens with two attached hydrogens (primary N) is 1. The molecule has 2 rings (SSSR count). The van der Waals surface area contributed by atoms with E-state index in [1.807, 2.05) is 0 Å². The summed E-state index contributed by atoms with van der Waals surface area (Å²) in [4.78, 5) is 8.90. The molecule has 0 aliphatic heterocycles. The fraction of sp³-hybridized carbons (Fsp3) is 0.375. The third kappa shape index (κ3) is 5.57. The molecule has 6 heteroatoms. The average molecular weight is 430 g/mol. The molecule has 1 aromatic carbocycles. The van der Waals surface area contributed by atoms with Crippen LogP contribution < -0.4 is 11.1 Å². The van der Waals surface area contributed by atoms with Gasteiger partial charge in [-0.2, -0.15) is 0 Å². The van der Waals surface area contributed by atoms with E-state index in [1.54, 1.807) is 11.3 Å². The minimum atomic E-state index is 0. The Labute approximate surface area is 153 Å². The van der Waals surface area contributed by atoms with Crippen LogP contribution in [0.25, 0.3) is 0 Å². The number of anilines is 1. The van der Waals surface area contributed by atoms with Crippen molar-refractivity contribution in [2.45, 2.75) is 40.2 Å². The maximum Gasteiger partial charge on any atom is 0.193 e. The van der Waals surface area contributed by atoms with E-state index in [2.05, 4.69) is 66.6 Å². The number of aromatic nitrogens is 1. The van der Waals surface area contributed by atoms with Crippen LogP contribution in [0.1, 0.15) is 41.6 Å². The van der Waals surface area contributed by atoms with Crippen molar-refractivity contribution in [3.05, 3.63) is 45.4 Å². The number of aliphatic imine (C=N–C) groups is 1. The molecule has 2 aromatic rings. The zero-order valence-electron chi connectivity index (χ0n) is 13.4. The zero-order chi connectivity index (χ0) is 15.4. The fourth-order valence-electron chi connectivity index (χ4n) is 2.05. The number of hydrogen-bond donors (Lipinski definition) is 2. The maximum absolute atomic E-state index is 5.94. The third-order valence-electron chi connectivity index (χ3n) is 3.04. The second-order valence-electron chi connectivity index (χ2n) is 5.52. The van der Waals surface area contributed by atoms with Gasteiger partial charge in [0, 0.05) is 11.1 Å². The predicted molar refractivity (Wildman–Crippen MR) is 106 cm³/mol. The molecule has 0 fully saturated rings. The van der Waals surface area contributed by atoms with E-state index in [4.69, 9.17) is 5.73 Å². The van der Waals surface area contributed by atoms with Crippen LogP contribution in [-0.4, -0.2) is 10.9 Å². The van der Waals surface area contributed by atoms with Gasteiger partial charge < -0.3 is 11.1 Å². The van der Waals surface area contributed by atoms with Crippen molar-refractivity contribution >= 4 is 47.0 Å². The first-order chi connectivity index (χ1) is 9.94. The van der Waals surface area contributed by atoms with Crippen LogP contribution in [0, 0.1) is 13.8 Å². The monoisotopic (exact) mass is 430 g/mol. The number of hydrogen-bond acceptors (Lipinski definition) is 3. The molecular formula is C16H23IN4S. The van der Waals surface area contributed by atoms with Crippen molar-refractivity contribution in [1.82, 2.24) is 4.98 Å². The molecule has 0 amide bonds. The molecule has 0 aliphatic carbocycles. The summed E-state index contributed by atoms with van der Waals surface area (Å²) in [7, 11) is 0. The second kappa shape index (κ2) is 8.47. The molecule has 0 bridgehead atoms. The van der Waals surface area contributed by atoms with Crippen molar-refractivity contribution in [2.75, 3.05) is 5.32 Å². The number of guanidine groups is 1. The molecule has 0 radical (unpaired) electrons. The van der Waals surface area contributed by atoms with Gasteiger partial charge in [0.05, 0.1) is 12.2 Å². The molecule has 0 saturated heterocycles. The van der Waals surface area contributed by atoms with E-state index in [0.717, 1.165) is 16.4 Å². The summed E-state index contributed by atoms with van der Waals surface area (Å²) in [5, 5.41) is 6.20. The predicted octanol–water partition coefficient (Wildman–Crippen LogP) is 4.43. The van der Waals surface area contributed by atoms with E-state index in [0.29, 0.717) is 18.4 Å². The molecular weight excluding hydrogens is 407 g/mol. The molecule has 0 saturated carbocycles. The Kier molecular flexibility index (Phi) is 7.28. The molecule has 0 spiro atoms. The Balaban J connectivity index is 0.00000242. The molecule has 22 heavy (non-hydrogen) atoms. The highest BCUT2D eigenvalue weighted by atomic mass is 127. The SMILES string of the molecule is Cc1cc(C)cc(NC(N)=NCc2nc(C(C)C)cs2)c1.I. The third-order valence-corrected chi connectivity index (χ3v) is 3.89. The summed E-state index contributed by atoms with van der Waals surface area (Å²) in [5.74, 6) is 0.867. The smallest absolute Gasteiger partial charge is 0.193 e. The summed E-state index contributed by atoms with van der Waals surface area (Å²) < 4.78 is 0. The number of nitrogens with one attached hydrogen (secondary N) is 1. The largest absolute Gasteiger partial charge is 0.370 e. The van der Waals surface area contributed by atoms with Gasteiger partial charge in [0.15, 0.2) is 5.96 Å². The molecule has 1 heterocycles. The Morgan fingerprint density at radius 1 is 1.27 bits per heavy atom. The van der Waals surface area contributed by atoms with Gasteiger partial charge in [-0.3, -0.25) is 0 Å². The lowest BCUT2D eigenvalue weighted by Gasteiger charge is -2.07. The first-order valence-corrected chi connectivity index (χ1v) is 7.91. The van der Waals surface area contributed by atoms with Gasteiger partial charge >= 0.3 is 0 Å². The van der Waals surface area contributed by atoms with Crippen molar-refractivity contribution < 1.29 is 0 Å². The summed E-state index contributed by atoms with van der Waals surface area (Å²) in [5.41, 5.74) is 10.4. The molecule has 120 valence electrons. The highest BCUT2D eigenvalue weighted by molar-refractivity contribution is 14.0. The number of nitrogens with zero attached hydrogens (tertiary/aromatic N) is 2.